The smallest absolute Gasteiger partial charge is 0.295 e. The molecule has 0 atom stereocenters. The summed E-state index contributed by atoms with van der Waals surface area (Å²) in [6.45, 7) is 1.64. The van der Waals surface area contributed by atoms with Crippen LogP contribution in [0.2, 0.25) is 0 Å². The average Bonchev–Trinajstić information content (AvgIpc) is 1.88. The molecule has 0 spiro atoms. The fourth-order valence-corrected chi connectivity index (χ4v) is 0.239. The maximum absolute atomic E-state index is 9.57. The van der Waals surface area contributed by atoms with Gasteiger partial charge in [-0.1, -0.05) is 0 Å². The standard InChI is InChI=1S/C5H10N2O3/c1-4(6)5(7)10-3-9-2-8/h2H,3,6-7H2,1H3/b5-4+. The van der Waals surface area contributed by atoms with Crippen LogP contribution in [0.1, 0.15) is 6.92 Å². The second-order valence-corrected chi connectivity index (χ2v) is 1.57. The van der Waals surface area contributed by atoms with Crippen LogP contribution in [0.5, 0.6) is 0 Å². The zero-order valence-electron chi connectivity index (χ0n) is 5.66. The SMILES string of the molecule is C/C(N)=C(/N)OCOC=O. The maximum atomic E-state index is 9.57. The molecule has 10 heavy (non-hydrogen) atoms. The van der Waals surface area contributed by atoms with E-state index in [0.717, 1.165) is 0 Å². The quantitative estimate of drug-likeness (QED) is 0.235. The lowest BCUT2D eigenvalue weighted by Crippen LogP contribution is -2.12. The van der Waals surface area contributed by atoms with Crippen molar-refractivity contribution in [3.63, 3.8) is 0 Å². The fraction of sp³-hybridized carbons (Fsp3) is 0.400. The molecule has 0 aromatic carbocycles. The zero-order chi connectivity index (χ0) is 7.98. The van der Waals surface area contributed by atoms with E-state index in [-0.39, 0.29) is 19.1 Å². The lowest BCUT2D eigenvalue weighted by Gasteiger charge is -2.04. The fourth-order valence-electron chi connectivity index (χ4n) is 0.239. The van der Waals surface area contributed by atoms with E-state index in [1.165, 1.54) is 0 Å². The van der Waals surface area contributed by atoms with Gasteiger partial charge in [0.1, 0.15) is 0 Å². The molecule has 0 rings (SSSR count). The Morgan fingerprint density at radius 2 is 2.20 bits per heavy atom. The topological polar surface area (TPSA) is 87.6 Å². The molecule has 0 amide bonds. The number of ether oxygens (including phenoxy) is 2. The molecule has 0 fully saturated rings. The van der Waals surface area contributed by atoms with Crippen molar-refractivity contribution in [2.45, 2.75) is 6.92 Å². The third-order valence-electron chi connectivity index (χ3n) is 0.739. The molecule has 4 N–H and O–H groups in total. The van der Waals surface area contributed by atoms with Crippen LogP contribution in [0.3, 0.4) is 0 Å². The zero-order valence-corrected chi connectivity index (χ0v) is 5.66. The second kappa shape index (κ2) is 4.49. The van der Waals surface area contributed by atoms with Gasteiger partial charge in [0.05, 0.1) is 5.70 Å². The van der Waals surface area contributed by atoms with Crippen LogP contribution >= 0.6 is 0 Å². The van der Waals surface area contributed by atoms with Crippen LogP contribution in [0.4, 0.5) is 0 Å². The minimum atomic E-state index is -0.204. The van der Waals surface area contributed by atoms with Gasteiger partial charge in [-0.05, 0) is 6.92 Å². The van der Waals surface area contributed by atoms with Gasteiger partial charge in [0.15, 0.2) is 0 Å². The average molecular weight is 146 g/mol. The van der Waals surface area contributed by atoms with Gasteiger partial charge in [-0.15, -0.1) is 0 Å². The molecule has 0 aliphatic carbocycles. The number of allylic oxidation sites excluding steroid dienone is 1. The van der Waals surface area contributed by atoms with E-state index in [9.17, 15) is 4.79 Å². The molecule has 5 nitrogen and oxygen atoms in total. The highest BCUT2D eigenvalue weighted by molar-refractivity contribution is 5.36. The van der Waals surface area contributed by atoms with Gasteiger partial charge in [-0.25, -0.2) is 0 Å². The first kappa shape index (κ1) is 8.61. The van der Waals surface area contributed by atoms with E-state index in [0.29, 0.717) is 5.70 Å². The van der Waals surface area contributed by atoms with Crippen molar-refractivity contribution in [3.8, 4) is 0 Å². The minimum Gasteiger partial charge on any atom is -0.441 e. The monoisotopic (exact) mass is 146 g/mol. The number of hydrogen-bond acceptors (Lipinski definition) is 5. The Labute approximate surface area is 58.6 Å². The molecule has 0 bridgehead atoms. The van der Waals surface area contributed by atoms with Crippen molar-refractivity contribution >= 4 is 6.47 Å². The Kier molecular flexibility index (Phi) is 3.86. The van der Waals surface area contributed by atoms with Crippen molar-refractivity contribution in [1.29, 1.82) is 0 Å². The van der Waals surface area contributed by atoms with E-state index in [2.05, 4.69) is 9.47 Å². The molecule has 0 heterocycles. The Balaban J connectivity index is 3.49. The largest absolute Gasteiger partial charge is 0.441 e. The molecular weight excluding hydrogens is 136 g/mol. The van der Waals surface area contributed by atoms with Gasteiger partial charge < -0.3 is 20.9 Å². The highest BCUT2D eigenvalue weighted by atomic mass is 16.7. The number of carbonyl (C=O) groups excluding carboxylic acids is 1. The van der Waals surface area contributed by atoms with Crippen LogP contribution in [0.15, 0.2) is 11.6 Å². The molecule has 0 unspecified atom stereocenters. The van der Waals surface area contributed by atoms with E-state index in [4.69, 9.17) is 11.5 Å². The van der Waals surface area contributed by atoms with E-state index in [1.807, 2.05) is 0 Å². The summed E-state index contributed by atoms with van der Waals surface area (Å²) < 4.78 is 8.80. The summed E-state index contributed by atoms with van der Waals surface area (Å²) in [4.78, 5) is 9.57. The highest BCUT2D eigenvalue weighted by Crippen LogP contribution is 1.90. The van der Waals surface area contributed by atoms with Gasteiger partial charge >= 0.3 is 0 Å². The molecule has 0 aromatic heterocycles. The molecule has 0 saturated carbocycles. The van der Waals surface area contributed by atoms with Gasteiger partial charge in [0.2, 0.25) is 12.7 Å². The van der Waals surface area contributed by atoms with Crippen LogP contribution < -0.4 is 11.5 Å². The summed E-state index contributed by atoms with van der Waals surface area (Å²) in [5.41, 5.74) is 10.8. The first-order chi connectivity index (χ1) is 4.68. The third-order valence-corrected chi connectivity index (χ3v) is 0.739. The Bertz CT molecular complexity index is 140. The van der Waals surface area contributed by atoms with Crippen molar-refractivity contribution in [2.75, 3.05) is 6.79 Å². The van der Waals surface area contributed by atoms with Crippen molar-refractivity contribution in [1.82, 2.24) is 0 Å². The molecule has 5 heteroatoms. The highest BCUT2D eigenvalue weighted by Gasteiger charge is 1.92. The predicted molar refractivity (Wildman–Crippen MR) is 34.2 cm³/mol. The molecule has 0 aliphatic rings. The minimum absolute atomic E-state index is 0.0712. The van der Waals surface area contributed by atoms with Gasteiger partial charge in [-0.2, -0.15) is 0 Å². The van der Waals surface area contributed by atoms with Crippen molar-refractivity contribution < 1.29 is 14.3 Å². The van der Waals surface area contributed by atoms with Crippen LogP contribution in [-0.4, -0.2) is 13.3 Å². The second-order valence-electron chi connectivity index (χ2n) is 1.57. The Morgan fingerprint density at radius 1 is 1.60 bits per heavy atom. The Morgan fingerprint density at radius 3 is 2.60 bits per heavy atom. The van der Waals surface area contributed by atoms with Crippen LogP contribution in [-0.2, 0) is 14.3 Å². The third kappa shape index (κ3) is 3.59. The van der Waals surface area contributed by atoms with Crippen LogP contribution in [0.25, 0.3) is 0 Å². The predicted octanol–water partition coefficient (Wildman–Crippen LogP) is -0.760. The number of rotatable bonds is 4. The van der Waals surface area contributed by atoms with Gasteiger partial charge in [0, 0.05) is 0 Å². The van der Waals surface area contributed by atoms with Gasteiger partial charge in [-0.3, -0.25) is 4.79 Å². The van der Waals surface area contributed by atoms with E-state index in [1.54, 1.807) is 6.92 Å². The first-order valence-electron chi connectivity index (χ1n) is 2.58. The molecule has 0 aromatic rings. The first-order valence-corrected chi connectivity index (χ1v) is 2.58. The number of nitrogens with two attached hydrogens (primary N) is 2. The van der Waals surface area contributed by atoms with Gasteiger partial charge in [0.25, 0.3) is 6.47 Å². The molecule has 0 radical (unpaired) electrons. The molecule has 0 aliphatic heterocycles. The summed E-state index contributed by atoms with van der Waals surface area (Å²) in [5, 5.41) is 0. The van der Waals surface area contributed by atoms with Crippen molar-refractivity contribution in [2.24, 2.45) is 11.5 Å². The lowest BCUT2D eigenvalue weighted by molar-refractivity contribution is -0.137. The molecule has 0 saturated heterocycles. The summed E-state index contributed by atoms with van der Waals surface area (Å²) in [5.74, 6) is 0.0712. The number of hydrogen-bond donors (Lipinski definition) is 2. The summed E-state index contributed by atoms with van der Waals surface area (Å²) in [6, 6.07) is 0. The van der Waals surface area contributed by atoms with Crippen molar-refractivity contribution in [3.05, 3.63) is 11.6 Å². The number of carbonyl (C=O) groups is 1. The summed E-state index contributed by atoms with van der Waals surface area (Å²) in [7, 11) is 0. The summed E-state index contributed by atoms with van der Waals surface area (Å²) in [6.07, 6.45) is 0. The molecule has 58 valence electrons. The van der Waals surface area contributed by atoms with E-state index < -0.39 is 0 Å². The Hall–Kier alpha value is -1.39. The maximum Gasteiger partial charge on any atom is 0.295 e. The normalized spacial score (nSPS) is 11.7. The van der Waals surface area contributed by atoms with Crippen LogP contribution in [0, 0.1) is 0 Å². The lowest BCUT2D eigenvalue weighted by atomic mass is 10.5. The summed E-state index contributed by atoms with van der Waals surface area (Å²) >= 11 is 0. The van der Waals surface area contributed by atoms with E-state index >= 15 is 0 Å². The molecular formula is C5H10N2O3.